The molecule has 15 heavy (non-hydrogen) atoms. The Labute approximate surface area is 93.5 Å². The molecule has 0 aliphatic carbocycles. The van der Waals surface area contributed by atoms with Gasteiger partial charge in [0.05, 0.1) is 0 Å². The number of aliphatic hydroxyl groups excluding tert-OH is 1. The molecule has 0 aliphatic heterocycles. The van der Waals surface area contributed by atoms with Crippen molar-refractivity contribution in [2.75, 3.05) is 0 Å². The Hall–Kier alpha value is -1.24. The minimum Gasteiger partial charge on any atom is -0.508 e. The molecule has 0 heterocycles. The predicted octanol–water partition coefficient (Wildman–Crippen LogP) is 4.55. The Bertz CT molecular complexity index is 288. The van der Waals surface area contributed by atoms with E-state index in [-0.39, 0.29) is 5.92 Å². The number of hydrogen-bond donors (Lipinski definition) is 1. The highest BCUT2D eigenvalue weighted by atomic mass is 16.3. The smallest absolute Gasteiger partial charge is 0.114 e. The Morgan fingerprint density at radius 1 is 1.33 bits per heavy atom. The van der Waals surface area contributed by atoms with Gasteiger partial charge >= 0.3 is 0 Å². The lowest BCUT2D eigenvalue weighted by Gasteiger charge is -2.09. The molecule has 1 unspecified atom stereocenters. The summed E-state index contributed by atoms with van der Waals surface area (Å²) in [6, 6.07) is 0. The van der Waals surface area contributed by atoms with E-state index in [0.717, 1.165) is 12.0 Å². The monoisotopic (exact) mass is 206 g/mol. The van der Waals surface area contributed by atoms with Gasteiger partial charge in [0.1, 0.15) is 5.76 Å². The molecule has 0 amide bonds. The topological polar surface area (TPSA) is 20.2 Å². The zero-order chi connectivity index (χ0) is 11.8. The standard InChI is InChI=1S/C14H22O/c1-6-7-8-9-14(15)13(5)12(4)10-11(2)3/h6,8-10,12,15H,1,7H2,2-5H3/b9-8-,14-13+. The third-order valence-corrected chi connectivity index (χ3v) is 2.25. The number of allylic oxidation sites excluding steroid dienone is 6. The Morgan fingerprint density at radius 2 is 1.93 bits per heavy atom. The Morgan fingerprint density at radius 3 is 2.40 bits per heavy atom. The number of rotatable bonds is 5. The fourth-order valence-electron chi connectivity index (χ4n) is 1.27. The van der Waals surface area contributed by atoms with E-state index in [1.165, 1.54) is 5.57 Å². The molecule has 0 saturated heterocycles. The lowest BCUT2D eigenvalue weighted by atomic mass is 9.99. The van der Waals surface area contributed by atoms with Gasteiger partial charge < -0.3 is 5.11 Å². The molecule has 0 radical (unpaired) electrons. The normalized spacial score (nSPS) is 14.7. The van der Waals surface area contributed by atoms with Crippen LogP contribution in [-0.4, -0.2) is 5.11 Å². The van der Waals surface area contributed by atoms with Crippen LogP contribution >= 0.6 is 0 Å². The van der Waals surface area contributed by atoms with Crippen molar-refractivity contribution in [2.45, 2.75) is 34.1 Å². The molecule has 1 atom stereocenters. The first-order valence-corrected chi connectivity index (χ1v) is 5.31. The second kappa shape index (κ2) is 7.10. The van der Waals surface area contributed by atoms with Crippen LogP contribution in [0.5, 0.6) is 0 Å². The van der Waals surface area contributed by atoms with Crippen LogP contribution in [-0.2, 0) is 0 Å². The van der Waals surface area contributed by atoms with Crippen LogP contribution in [0.1, 0.15) is 34.1 Å². The maximum absolute atomic E-state index is 9.76. The molecule has 84 valence electrons. The van der Waals surface area contributed by atoms with Crippen molar-refractivity contribution in [1.82, 2.24) is 0 Å². The first-order valence-electron chi connectivity index (χ1n) is 5.31. The van der Waals surface area contributed by atoms with Gasteiger partial charge in [-0.3, -0.25) is 0 Å². The van der Waals surface area contributed by atoms with Gasteiger partial charge in [-0.2, -0.15) is 0 Å². The summed E-state index contributed by atoms with van der Waals surface area (Å²) in [6.07, 6.45) is 8.38. The zero-order valence-electron chi connectivity index (χ0n) is 10.2. The third-order valence-electron chi connectivity index (χ3n) is 2.25. The van der Waals surface area contributed by atoms with Gasteiger partial charge in [-0.1, -0.05) is 30.7 Å². The number of hydrogen-bond acceptors (Lipinski definition) is 1. The average molecular weight is 206 g/mol. The van der Waals surface area contributed by atoms with E-state index in [9.17, 15) is 5.11 Å². The van der Waals surface area contributed by atoms with Crippen LogP contribution < -0.4 is 0 Å². The molecule has 0 aromatic heterocycles. The van der Waals surface area contributed by atoms with E-state index in [2.05, 4.69) is 33.4 Å². The van der Waals surface area contributed by atoms with Crippen LogP contribution in [0.3, 0.4) is 0 Å². The molecule has 1 N–H and O–H groups in total. The second-order valence-electron chi connectivity index (χ2n) is 4.03. The minimum atomic E-state index is 0.281. The molecule has 1 heteroatoms. The first-order chi connectivity index (χ1) is 6.99. The van der Waals surface area contributed by atoms with Crippen LogP contribution in [0.4, 0.5) is 0 Å². The van der Waals surface area contributed by atoms with Gasteiger partial charge in [-0.15, -0.1) is 6.58 Å². The van der Waals surface area contributed by atoms with Crippen molar-refractivity contribution < 1.29 is 5.11 Å². The molecule has 0 rings (SSSR count). The van der Waals surface area contributed by atoms with E-state index < -0.39 is 0 Å². The quantitative estimate of drug-likeness (QED) is 0.397. The maximum Gasteiger partial charge on any atom is 0.114 e. The van der Waals surface area contributed by atoms with Crippen LogP contribution in [0, 0.1) is 5.92 Å². The van der Waals surface area contributed by atoms with Crippen molar-refractivity contribution in [2.24, 2.45) is 5.92 Å². The molecule has 0 bridgehead atoms. The summed E-state index contributed by atoms with van der Waals surface area (Å²) < 4.78 is 0. The van der Waals surface area contributed by atoms with E-state index in [4.69, 9.17) is 0 Å². The fourth-order valence-corrected chi connectivity index (χ4v) is 1.27. The maximum atomic E-state index is 9.76. The van der Waals surface area contributed by atoms with E-state index in [1.807, 2.05) is 13.0 Å². The lowest BCUT2D eigenvalue weighted by Crippen LogP contribution is -1.96. The average Bonchev–Trinajstić information content (AvgIpc) is 2.15. The summed E-state index contributed by atoms with van der Waals surface area (Å²) in [5.74, 6) is 0.644. The molecule has 1 nitrogen and oxygen atoms in total. The summed E-state index contributed by atoms with van der Waals surface area (Å²) in [6.45, 7) is 11.8. The van der Waals surface area contributed by atoms with E-state index >= 15 is 0 Å². The Balaban J connectivity index is 4.62. The molecule has 0 saturated carbocycles. The molecule has 0 aromatic rings. The number of aliphatic hydroxyl groups is 1. The van der Waals surface area contributed by atoms with Gasteiger partial charge in [0.15, 0.2) is 0 Å². The van der Waals surface area contributed by atoms with Crippen molar-refractivity contribution in [1.29, 1.82) is 0 Å². The highest BCUT2D eigenvalue weighted by Gasteiger charge is 2.04. The van der Waals surface area contributed by atoms with Crippen molar-refractivity contribution in [3.63, 3.8) is 0 Å². The van der Waals surface area contributed by atoms with E-state index in [0.29, 0.717) is 5.76 Å². The van der Waals surface area contributed by atoms with Gasteiger partial charge in [0, 0.05) is 0 Å². The van der Waals surface area contributed by atoms with E-state index in [1.54, 1.807) is 12.2 Å². The summed E-state index contributed by atoms with van der Waals surface area (Å²) in [5.41, 5.74) is 2.27. The molecule has 0 aliphatic rings. The zero-order valence-corrected chi connectivity index (χ0v) is 10.2. The van der Waals surface area contributed by atoms with Crippen molar-refractivity contribution >= 4 is 0 Å². The largest absolute Gasteiger partial charge is 0.508 e. The molecule has 0 fully saturated rings. The van der Waals surface area contributed by atoms with Crippen molar-refractivity contribution in [3.8, 4) is 0 Å². The summed E-state index contributed by atoms with van der Waals surface area (Å²) in [5, 5.41) is 9.76. The fraction of sp³-hybridized carbons (Fsp3) is 0.429. The molecular formula is C14H22O. The van der Waals surface area contributed by atoms with Gasteiger partial charge in [0.25, 0.3) is 0 Å². The second-order valence-corrected chi connectivity index (χ2v) is 4.03. The van der Waals surface area contributed by atoms with Crippen LogP contribution in [0.2, 0.25) is 0 Å². The van der Waals surface area contributed by atoms with Gasteiger partial charge in [-0.05, 0) is 44.8 Å². The van der Waals surface area contributed by atoms with Crippen molar-refractivity contribution in [3.05, 3.63) is 47.8 Å². The highest BCUT2D eigenvalue weighted by molar-refractivity contribution is 5.23. The van der Waals surface area contributed by atoms with Crippen LogP contribution in [0.25, 0.3) is 0 Å². The molecular weight excluding hydrogens is 184 g/mol. The summed E-state index contributed by atoms with van der Waals surface area (Å²) in [4.78, 5) is 0. The van der Waals surface area contributed by atoms with Gasteiger partial charge in [0.2, 0.25) is 0 Å². The third kappa shape index (κ3) is 5.95. The SMILES string of the molecule is C=CC/C=C\C(O)=C(\C)C(C)C=C(C)C. The molecule has 0 aromatic carbocycles. The summed E-state index contributed by atoms with van der Waals surface area (Å²) >= 11 is 0. The molecule has 0 spiro atoms. The minimum absolute atomic E-state index is 0.281. The highest BCUT2D eigenvalue weighted by Crippen LogP contribution is 2.17. The van der Waals surface area contributed by atoms with Crippen LogP contribution in [0.15, 0.2) is 47.8 Å². The lowest BCUT2D eigenvalue weighted by molar-refractivity contribution is 0.419. The summed E-state index contributed by atoms with van der Waals surface area (Å²) in [7, 11) is 0. The Kier molecular flexibility index (Phi) is 6.52. The van der Waals surface area contributed by atoms with Gasteiger partial charge in [-0.25, -0.2) is 0 Å². The first kappa shape index (κ1) is 13.8. The predicted molar refractivity (Wildman–Crippen MR) is 67.9 cm³/mol.